The second-order valence-electron chi connectivity index (χ2n) is 10.3. The van der Waals surface area contributed by atoms with E-state index >= 15 is 0 Å². The number of benzene rings is 6. The lowest BCUT2D eigenvalue weighted by Crippen LogP contribution is -2.00. The summed E-state index contributed by atoms with van der Waals surface area (Å²) in [6.07, 6.45) is 0. The molecule has 0 aliphatic carbocycles. The average molecular weight is 569 g/mol. The van der Waals surface area contributed by atoms with Gasteiger partial charge in [0.05, 0.1) is 10.2 Å². The van der Waals surface area contributed by atoms with E-state index in [1.807, 2.05) is 36.4 Å². The van der Waals surface area contributed by atoms with Crippen molar-refractivity contribution in [2.45, 2.75) is 0 Å². The van der Waals surface area contributed by atoms with E-state index in [1.54, 1.807) is 11.3 Å². The average Bonchev–Trinajstić information content (AvgIpc) is 3.52. The minimum atomic E-state index is 0.621. The molecule has 8 rings (SSSR count). The predicted molar refractivity (Wildman–Crippen MR) is 178 cm³/mol. The number of aromatic nitrogens is 4. The molecule has 6 aromatic carbocycles. The van der Waals surface area contributed by atoms with Gasteiger partial charge in [-0.1, -0.05) is 121 Å². The molecule has 43 heavy (non-hydrogen) atoms. The van der Waals surface area contributed by atoms with Gasteiger partial charge in [-0.25, -0.2) is 19.9 Å². The molecule has 5 heteroatoms. The SMILES string of the molecule is c1ccc(-c2cccc(-c3nc(-c4ccccc4)nc(-c4ccc5sc(-c6cccc7ccccc67)nc5c4)n3)c2)cc1. The van der Waals surface area contributed by atoms with Crippen LogP contribution in [0.1, 0.15) is 0 Å². The van der Waals surface area contributed by atoms with Crippen LogP contribution in [0.25, 0.3) is 76.9 Å². The van der Waals surface area contributed by atoms with Crippen molar-refractivity contribution in [3.63, 3.8) is 0 Å². The molecule has 4 nitrogen and oxygen atoms in total. The number of thiazole rings is 1. The quantitative estimate of drug-likeness (QED) is 0.207. The molecule has 0 unspecified atom stereocenters. The minimum Gasteiger partial charge on any atom is -0.236 e. The summed E-state index contributed by atoms with van der Waals surface area (Å²) in [5.74, 6) is 1.90. The van der Waals surface area contributed by atoms with Gasteiger partial charge in [0.25, 0.3) is 0 Å². The Labute approximate surface area is 253 Å². The lowest BCUT2D eigenvalue weighted by molar-refractivity contribution is 1.07. The van der Waals surface area contributed by atoms with Crippen LogP contribution in [0.5, 0.6) is 0 Å². The molecule has 0 saturated heterocycles. The Balaban J connectivity index is 1.25. The largest absolute Gasteiger partial charge is 0.236 e. The van der Waals surface area contributed by atoms with Crippen molar-refractivity contribution >= 4 is 32.3 Å². The van der Waals surface area contributed by atoms with Crippen molar-refractivity contribution in [3.05, 3.63) is 146 Å². The third-order valence-corrected chi connectivity index (χ3v) is 8.63. The Kier molecular flexibility index (Phi) is 6.28. The second kappa shape index (κ2) is 10.7. The van der Waals surface area contributed by atoms with Crippen LogP contribution in [0, 0.1) is 0 Å². The molecule has 0 amide bonds. The first-order valence-electron chi connectivity index (χ1n) is 14.1. The normalized spacial score (nSPS) is 11.3. The Morgan fingerprint density at radius 3 is 1.77 bits per heavy atom. The fraction of sp³-hybridized carbons (Fsp3) is 0. The molecule has 0 spiro atoms. The van der Waals surface area contributed by atoms with Gasteiger partial charge in [-0.05, 0) is 46.2 Å². The lowest BCUT2D eigenvalue weighted by atomic mass is 10.0. The first-order valence-corrected chi connectivity index (χ1v) is 15.0. The summed E-state index contributed by atoms with van der Waals surface area (Å²) >= 11 is 1.70. The maximum atomic E-state index is 5.07. The Bertz CT molecular complexity index is 2240. The summed E-state index contributed by atoms with van der Waals surface area (Å²) < 4.78 is 1.12. The van der Waals surface area contributed by atoms with Crippen LogP contribution >= 0.6 is 11.3 Å². The Morgan fingerprint density at radius 2 is 0.977 bits per heavy atom. The molecule has 0 aliphatic rings. The van der Waals surface area contributed by atoms with E-state index in [2.05, 4.69) is 109 Å². The van der Waals surface area contributed by atoms with Crippen molar-refractivity contribution in [2.24, 2.45) is 0 Å². The van der Waals surface area contributed by atoms with Gasteiger partial charge in [0.2, 0.25) is 0 Å². The summed E-state index contributed by atoms with van der Waals surface area (Å²) in [6, 6.07) is 49.9. The van der Waals surface area contributed by atoms with Gasteiger partial charge in [0.1, 0.15) is 5.01 Å². The van der Waals surface area contributed by atoms with Crippen LogP contribution in [-0.4, -0.2) is 19.9 Å². The van der Waals surface area contributed by atoms with Crippen LogP contribution in [0.2, 0.25) is 0 Å². The van der Waals surface area contributed by atoms with E-state index in [4.69, 9.17) is 19.9 Å². The van der Waals surface area contributed by atoms with Crippen LogP contribution in [0.3, 0.4) is 0 Å². The van der Waals surface area contributed by atoms with Crippen molar-refractivity contribution in [1.82, 2.24) is 19.9 Å². The molecular formula is C38H24N4S. The van der Waals surface area contributed by atoms with Gasteiger partial charge in [0, 0.05) is 22.3 Å². The number of hydrogen-bond acceptors (Lipinski definition) is 5. The van der Waals surface area contributed by atoms with E-state index in [9.17, 15) is 0 Å². The van der Waals surface area contributed by atoms with Gasteiger partial charge in [-0.15, -0.1) is 11.3 Å². The Morgan fingerprint density at radius 1 is 0.395 bits per heavy atom. The van der Waals surface area contributed by atoms with Gasteiger partial charge >= 0.3 is 0 Å². The summed E-state index contributed by atoms with van der Waals surface area (Å²) in [7, 11) is 0. The lowest BCUT2D eigenvalue weighted by Gasteiger charge is -2.09. The molecule has 0 fully saturated rings. The zero-order valence-corrected chi connectivity index (χ0v) is 23.9. The molecule has 0 aliphatic heterocycles. The van der Waals surface area contributed by atoms with Crippen molar-refractivity contribution < 1.29 is 0 Å². The maximum absolute atomic E-state index is 5.07. The third-order valence-electron chi connectivity index (χ3n) is 7.56. The highest BCUT2D eigenvalue weighted by Crippen LogP contribution is 2.36. The van der Waals surface area contributed by atoms with Crippen molar-refractivity contribution in [3.8, 4) is 55.9 Å². The van der Waals surface area contributed by atoms with E-state index in [0.717, 1.165) is 48.6 Å². The molecule has 0 saturated carbocycles. The molecule has 0 radical (unpaired) electrons. The molecular weight excluding hydrogens is 545 g/mol. The summed E-state index contributed by atoms with van der Waals surface area (Å²) in [4.78, 5) is 20.0. The molecule has 8 aromatic rings. The second-order valence-corrected chi connectivity index (χ2v) is 11.4. The number of hydrogen-bond donors (Lipinski definition) is 0. The topological polar surface area (TPSA) is 51.6 Å². The Hall–Kier alpha value is -5.52. The van der Waals surface area contributed by atoms with E-state index in [0.29, 0.717) is 17.5 Å². The highest BCUT2D eigenvalue weighted by molar-refractivity contribution is 7.21. The minimum absolute atomic E-state index is 0.621. The van der Waals surface area contributed by atoms with E-state index in [-0.39, 0.29) is 0 Å². The standard InChI is InChI=1S/C38H24N4S/c1-3-11-25(12-4-1)28-17-9-18-29(23-28)36-40-35(27-14-5-2-6-15-27)41-37(42-36)30-21-22-34-33(24-30)39-38(43-34)32-20-10-16-26-13-7-8-19-31(26)32/h1-24H. The first-order chi connectivity index (χ1) is 21.3. The smallest absolute Gasteiger partial charge is 0.164 e. The van der Waals surface area contributed by atoms with Crippen molar-refractivity contribution in [1.29, 1.82) is 0 Å². The zero-order chi connectivity index (χ0) is 28.6. The van der Waals surface area contributed by atoms with E-state index in [1.165, 1.54) is 10.8 Å². The monoisotopic (exact) mass is 568 g/mol. The summed E-state index contributed by atoms with van der Waals surface area (Å²) in [6.45, 7) is 0. The van der Waals surface area contributed by atoms with Crippen LogP contribution in [-0.2, 0) is 0 Å². The van der Waals surface area contributed by atoms with Crippen LogP contribution < -0.4 is 0 Å². The summed E-state index contributed by atoms with van der Waals surface area (Å²) in [5, 5.41) is 3.42. The summed E-state index contributed by atoms with van der Waals surface area (Å²) in [5.41, 5.74) is 7.13. The maximum Gasteiger partial charge on any atom is 0.164 e. The predicted octanol–water partition coefficient (Wildman–Crippen LogP) is 9.97. The molecule has 0 N–H and O–H groups in total. The number of rotatable bonds is 5. The molecule has 0 atom stereocenters. The van der Waals surface area contributed by atoms with Crippen LogP contribution in [0.15, 0.2) is 146 Å². The third kappa shape index (κ3) is 4.86. The fourth-order valence-electron chi connectivity index (χ4n) is 5.41. The zero-order valence-electron chi connectivity index (χ0n) is 23.1. The molecule has 0 bridgehead atoms. The van der Waals surface area contributed by atoms with Crippen LogP contribution in [0.4, 0.5) is 0 Å². The fourth-order valence-corrected chi connectivity index (χ4v) is 6.40. The number of nitrogens with zero attached hydrogens (tertiary/aromatic N) is 4. The van der Waals surface area contributed by atoms with Gasteiger partial charge in [0.15, 0.2) is 17.5 Å². The van der Waals surface area contributed by atoms with Crippen molar-refractivity contribution in [2.75, 3.05) is 0 Å². The van der Waals surface area contributed by atoms with Gasteiger partial charge in [-0.3, -0.25) is 0 Å². The highest BCUT2D eigenvalue weighted by Gasteiger charge is 2.15. The molecule has 2 heterocycles. The highest BCUT2D eigenvalue weighted by atomic mass is 32.1. The van der Waals surface area contributed by atoms with E-state index < -0.39 is 0 Å². The molecule has 202 valence electrons. The number of fused-ring (bicyclic) bond motifs is 2. The van der Waals surface area contributed by atoms with Gasteiger partial charge in [-0.2, -0.15) is 0 Å². The molecule has 2 aromatic heterocycles. The van der Waals surface area contributed by atoms with Gasteiger partial charge < -0.3 is 0 Å². The first kappa shape index (κ1) is 25.2.